The number of nitrogens with one attached hydrogen (secondary N) is 2. The lowest BCUT2D eigenvalue weighted by Gasteiger charge is -2.28. The molecule has 3 rings (SSSR count). The second-order valence-corrected chi connectivity index (χ2v) is 7.23. The molecular weight excluding hydrogens is 358 g/mol. The van der Waals surface area contributed by atoms with Gasteiger partial charge in [0.05, 0.1) is 0 Å². The van der Waals surface area contributed by atoms with Gasteiger partial charge in [-0.25, -0.2) is 0 Å². The van der Waals surface area contributed by atoms with E-state index in [1.165, 1.54) is 0 Å². The molecule has 5 nitrogen and oxygen atoms in total. The molecule has 1 aliphatic heterocycles. The Labute approximate surface area is 165 Å². The number of nitrogens with zero attached hydrogens (tertiary/aromatic N) is 1. The lowest BCUT2D eigenvalue weighted by molar-refractivity contribution is -0.124. The number of amides is 1. The summed E-state index contributed by atoms with van der Waals surface area (Å²) >= 11 is 5.29. The van der Waals surface area contributed by atoms with Crippen LogP contribution in [0.5, 0.6) is 5.75 Å². The van der Waals surface area contributed by atoms with Gasteiger partial charge in [0, 0.05) is 17.7 Å². The van der Waals surface area contributed by atoms with Gasteiger partial charge >= 0.3 is 0 Å². The van der Waals surface area contributed by atoms with Gasteiger partial charge in [0.1, 0.15) is 12.4 Å². The minimum atomic E-state index is -0.00270. The predicted octanol–water partition coefficient (Wildman–Crippen LogP) is 3.42. The number of likely N-dealkylation sites (tertiary alicyclic amines) is 1. The fourth-order valence-corrected chi connectivity index (χ4v) is 3.27. The van der Waals surface area contributed by atoms with Crippen LogP contribution < -0.4 is 15.4 Å². The van der Waals surface area contributed by atoms with E-state index in [9.17, 15) is 4.79 Å². The van der Waals surface area contributed by atoms with Crippen LogP contribution in [0.25, 0.3) is 0 Å². The van der Waals surface area contributed by atoms with Gasteiger partial charge in [0.2, 0.25) is 5.91 Å². The monoisotopic (exact) mass is 383 g/mol. The summed E-state index contributed by atoms with van der Waals surface area (Å²) in [5.74, 6) is 0.770. The summed E-state index contributed by atoms with van der Waals surface area (Å²) in [6.07, 6.45) is 1.74. The van der Waals surface area contributed by atoms with Crippen molar-refractivity contribution in [2.45, 2.75) is 19.4 Å². The van der Waals surface area contributed by atoms with E-state index in [0.717, 1.165) is 42.9 Å². The van der Waals surface area contributed by atoms with E-state index < -0.39 is 0 Å². The zero-order valence-corrected chi connectivity index (χ0v) is 16.3. The zero-order chi connectivity index (χ0) is 19.1. The summed E-state index contributed by atoms with van der Waals surface area (Å²) in [4.78, 5) is 14.6. The van der Waals surface area contributed by atoms with Crippen molar-refractivity contribution in [1.82, 2.24) is 10.2 Å². The maximum atomic E-state index is 12.3. The highest BCUT2D eigenvalue weighted by Gasteiger charge is 2.23. The number of thiocarbonyl (C=S) groups is 1. The van der Waals surface area contributed by atoms with Crippen molar-refractivity contribution in [3.63, 3.8) is 0 Å². The van der Waals surface area contributed by atoms with E-state index in [-0.39, 0.29) is 11.8 Å². The molecule has 27 heavy (non-hydrogen) atoms. The van der Waals surface area contributed by atoms with Gasteiger partial charge in [-0.05, 0) is 62.9 Å². The van der Waals surface area contributed by atoms with Gasteiger partial charge in [-0.3, -0.25) is 4.79 Å². The smallest absolute Gasteiger partial charge is 0.229 e. The lowest BCUT2D eigenvalue weighted by atomic mass is 9.96. The Hall–Kier alpha value is -2.44. The van der Waals surface area contributed by atoms with Gasteiger partial charge < -0.3 is 20.3 Å². The molecule has 2 aromatic rings. The maximum Gasteiger partial charge on any atom is 0.229 e. The molecule has 0 bridgehead atoms. The molecule has 0 spiro atoms. The average Bonchev–Trinajstić information content (AvgIpc) is 2.68. The molecule has 0 saturated carbocycles. The highest BCUT2D eigenvalue weighted by Crippen LogP contribution is 2.19. The van der Waals surface area contributed by atoms with E-state index in [1.54, 1.807) is 0 Å². The molecule has 1 aliphatic rings. The van der Waals surface area contributed by atoms with Crippen LogP contribution in [0.2, 0.25) is 0 Å². The van der Waals surface area contributed by atoms with E-state index in [0.29, 0.717) is 11.7 Å². The van der Waals surface area contributed by atoms with Gasteiger partial charge in [-0.2, -0.15) is 0 Å². The third-order valence-electron chi connectivity index (χ3n) is 4.67. The lowest BCUT2D eigenvalue weighted by Crippen LogP contribution is -2.42. The summed E-state index contributed by atoms with van der Waals surface area (Å²) in [5, 5.41) is 6.20. The number of carbonyl (C=O) groups is 1. The summed E-state index contributed by atoms with van der Waals surface area (Å²) in [7, 11) is 2.08. The maximum absolute atomic E-state index is 12.3. The van der Waals surface area contributed by atoms with E-state index in [2.05, 4.69) is 22.6 Å². The first-order chi connectivity index (χ1) is 13.1. The normalized spacial score (nSPS) is 15.1. The highest BCUT2D eigenvalue weighted by atomic mass is 32.1. The van der Waals surface area contributed by atoms with Crippen LogP contribution in [0.1, 0.15) is 18.4 Å². The molecule has 142 valence electrons. The van der Waals surface area contributed by atoms with Gasteiger partial charge in [-0.15, -0.1) is 0 Å². The third kappa shape index (κ3) is 6.05. The summed E-state index contributed by atoms with van der Waals surface area (Å²) in [6.45, 7) is 2.39. The Morgan fingerprint density at radius 1 is 1.15 bits per heavy atom. The molecule has 1 amide bonds. The largest absolute Gasteiger partial charge is 0.489 e. The van der Waals surface area contributed by atoms with Crippen LogP contribution in [0.4, 0.5) is 5.69 Å². The molecule has 0 aromatic heterocycles. The Balaban J connectivity index is 1.49. The number of hydrogen-bond donors (Lipinski definition) is 2. The minimum Gasteiger partial charge on any atom is -0.489 e. The summed E-state index contributed by atoms with van der Waals surface area (Å²) in [6, 6.07) is 17.6. The van der Waals surface area contributed by atoms with Gasteiger partial charge in [0.25, 0.3) is 0 Å². The van der Waals surface area contributed by atoms with Crippen molar-refractivity contribution in [2.75, 3.05) is 25.5 Å². The van der Waals surface area contributed by atoms with Crippen molar-refractivity contribution in [1.29, 1.82) is 0 Å². The quantitative estimate of drug-likeness (QED) is 0.775. The SMILES string of the molecule is CN1CCC(C(=O)NC(=S)Nc2cccc(OCc3ccccc3)c2)CC1. The Bertz CT molecular complexity index is 774. The Morgan fingerprint density at radius 2 is 1.89 bits per heavy atom. The minimum absolute atomic E-state index is 0.00270. The number of hydrogen-bond acceptors (Lipinski definition) is 4. The summed E-state index contributed by atoms with van der Waals surface area (Å²) < 4.78 is 5.83. The summed E-state index contributed by atoms with van der Waals surface area (Å²) in [5.41, 5.74) is 1.89. The molecule has 1 heterocycles. The van der Waals surface area contributed by atoms with Crippen LogP contribution in [0.3, 0.4) is 0 Å². The molecule has 1 saturated heterocycles. The van der Waals surface area contributed by atoms with Crippen LogP contribution in [0, 0.1) is 5.92 Å². The van der Waals surface area contributed by atoms with Crippen LogP contribution >= 0.6 is 12.2 Å². The van der Waals surface area contributed by atoms with Crippen LogP contribution in [-0.4, -0.2) is 36.1 Å². The molecule has 0 radical (unpaired) electrons. The second-order valence-electron chi connectivity index (χ2n) is 6.82. The highest BCUT2D eigenvalue weighted by molar-refractivity contribution is 7.80. The molecule has 2 aromatic carbocycles. The van der Waals surface area contributed by atoms with Crippen molar-refractivity contribution in [2.24, 2.45) is 5.92 Å². The molecular formula is C21H25N3O2S. The van der Waals surface area contributed by atoms with E-state index in [4.69, 9.17) is 17.0 Å². The first kappa shape index (κ1) is 19.3. The molecule has 1 fully saturated rings. The Morgan fingerprint density at radius 3 is 2.63 bits per heavy atom. The van der Waals surface area contributed by atoms with E-state index in [1.807, 2.05) is 54.6 Å². The van der Waals surface area contributed by atoms with Crippen LogP contribution in [-0.2, 0) is 11.4 Å². The first-order valence-corrected chi connectivity index (χ1v) is 9.58. The molecule has 0 aliphatic carbocycles. The first-order valence-electron chi connectivity index (χ1n) is 9.17. The molecule has 0 unspecified atom stereocenters. The number of piperidine rings is 1. The topological polar surface area (TPSA) is 53.6 Å². The van der Waals surface area contributed by atoms with Gasteiger partial charge in [0.15, 0.2) is 5.11 Å². The average molecular weight is 384 g/mol. The van der Waals surface area contributed by atoms with Crippen molar-refractivity contribution in [3.05, 3.63) is 60.2 Å². The second kappa shape index (κ2) is 9.48. The molecule has 2 N–H and O–H groups in total. The molecule has 0 atom stereocenters. The van der Waals surface area contributed by atoms with Gasteiger partial charge in [-0.1, -0.05) is 36.4 Å². The molecule has 6 heteroatoms. The van der Waals surface area contributed by atoms with Crippen LogP contribution in [0.15, 0.2) is 54.6 Å². The van der Waals surface area contributed by atoms with E-state index >= 15 is 0 Å². The predicted molar refractivity (Wildman–Crippen MR) is 112 cm³/mol. The zero-order valence-electron chi connectivity index (χ0n) is 15.5. The fourth-order valence-electron chi connectivity index (χ4n) is 3.05. The Kier molecular flexibility index (Phi) is 6.79. The standard InChI is InChI=1S/C21H25N3O2S/c1-24-12-10-17(11-13-24)20(25)23-21(27)22-18-8-5-9-19(14-18)26-15-16-6-3-2-4-7-16/h2-9,14,17H,10-13,15H2,1H3,(H2,22,23,25,27). The number of carbonyl (C=O) groups excluding carboxylic acids is 1. The third-order valence-corrected chi connectivity index (χ3v) is 4.87. The number of anilines is 1. The van der Waals surface area contributed by atoms with Crippen molar-refractivity contribution in [3.8, 4) is 5.75 Å². The number of benzene rings is 2. The fraction of sp³-hybridized carbons (Fsp3) is 0.333. The number of ether oxygens (including phenoxy) is 1. The van der Waals surface area contributed by atoms with Crippen molar-refractivity contribution < 1.29 is 9.53 Å². The van der Waals surface area contributed by atoms with Crippen molar-refractivity contribution >= 4 is 28.9 Å². The number of rotatable bonds is 5.